The molecule has 5 nitrogen and oxygen atoms in total. The molecule has 0 amide bonds. The predicted octanol–water partition coefficient (Wildman–Crippen LogP) is 2.40. The standard InChI is InChI=1S/C12H17ClN2O3/c1-3-6-12(2,18)7-14-9-5-4-8(13)10(15-9)11(16)17/h4-5,18H,3,6-7H2,1-2H3,(H,14,15)(H,16,17). The Kier molecular flexibility index (Phi) is 4.93. The Balaban J connectivity index is 2.74. The highest BCUT2D eigenvalue weighted by Gasteiger charge is 2.19. The van der Waals surface area contributed by atoms with Crippen molar-refractivity contribution in [1.82, 2.24) is 4.98 Å². The average molecular weight is 273 g/mol. The fraction of sp³-hybridized carbons (Fsp3) is 0.500. The summed E-state index contributed by atoms with van der Waals surface area (Å²) < 4.78 is 0. The van der Waals surface area contributed by atoms with E-state index in [0.717, 1.165) is 6.42 Å². The summed E-state index contributed by atoms with van der Waals surface area (Å²) >= 11 is 5.71. The molecule has 0 spiro atoms. The molecule has 1 aromatic heterocycles. The van der Waals surface area contributed by atoms with Crippen LogP contribution in [0.1, 0.15) is 37.2 Å². The van der Waals surface area contributed by atoms with Crippen LogP contribution in [0.3, 0.4) is 0 Å². The summed E-state index contributed by atoms with van der Waals surface area (Å²) in [5, 5.41) is 21.9. The van der Waals surface area contributed by atoms with Gasteiger partial charge in [-0.2, -0.15) is 0 Å². The fourth-order valence-electron chi connectivity index (χ4n) is 1.60. The molecular formula is C12H17ClN2O3. The lowest BCUT2D eigenvalue weighted by atomic mass is 10.0. The van der Waals surface area contributed by atoms with Gasteiger partial charge < -0.3 is 15.5 Å². The summed E-state index contributed by atoms with van der Waals surface area (Å²) in [5.74, 6) is -0.794. The summed E-state index contributed by atoms with van der Waals surface area (Å²) in [6.45, 7) is 4.00. The van der Waals surface area contributed by atoms with Crippen molar-refractivity contribution in [2.45, 2.75) is 32.3 Å². The summed E-state index contributed by atoms with van der Waals surface area (Å²) in [7, 11) is 0. The Morgan fingerprint density at radius 3 is 2.78 bits per heavy atom. The second-order valence-corrected chi connectivity index (χ2v) is 4.84. The molecule has 3 N–H and O–H groups in total. The highest BCUT2D eigenvalue weighted by atomic mass is 35.5. The molecule has 0 aliphatic carbocycles. The van der Waals surface area contributed by atoms with E-state index in [2.05, 4.69) is 10.3 Å². The van der Waals surface area contributed by atoms with Crippen LogP contribution in [-0.4, -0.2) is 33.3 Å². The van der Waals surface area contributed by atoms with Crippen LogP contribution in [0.15, 0.2) is 12.1 Å². The first-order chi connectivity index (χ1) is 8.35. The molecule has 0 aliphatic rings. The number of aliphatic hydroxyl groups is 1. The highest BCUT2D eigenvalue weighted by Crippen LogP contribution is 2.18. The van der Waals surface area contributed by atoms with E-state index in [1.54, 1.807) is 13.0 Å². The number of anilines is 1. The average Bonchev–Trinajstić information content (AvgIpc) is 2.27. The van der Waals surface area contributed by atoms with Gasteiger partial charge in [-0.15, -0.1) is 0 Å². The monoisotopic (exact) mass is 272 g/mol. The van der Waals surface area contributed by atoms with E-state index in [0.29, 0.717) is 18.8 Å². The van der Waals surface area contributed by atoms with Gasteiger partial charge in [-0.25, -0.2) is 9.78 Å². The molecule has 18 heavy (non-hydrogen) atoms. The number of hydrogen-bond acceptors (Lipinski definition) is 4. The lowest BCUT2D eigenvalue weighted by molar-refractivity contribution is 0.0636. The van der Waals surface area contributed by atoms with E-state index < -0.39 is 11.6 Å². The maximum atomic E-state index is 10.9. The quantitative estimate of drug-likeness (QED) is 0.741. The topological polar surface area (TPSA) is 82.5 Å². The van der Waals surface area contributed by atoms with Crippen LogP contribution < -0.4 is 5.32 Å². The van der Waals surface area contributed by atoms with Crippen LogP contribution in [0.4, 0.5) is 5.82 Å². The van der Waals surface area contributed by atoms with Crippen LogP contribution in [0, 0.1) is 0 Å². The predicted molar refractivity (Wildman–Crippen MR) is 70.2 cm³/mol. The first kappa shape index (κ1) is 14.7. The van der Waals surface area contributed by atoms with Crippen molar-refractivity contribution in [1.29, 1.82) is 0 Å². The second-order valence-electron chi connectivity index (χ2n) is 4.43. The Morgan fingerprint density at radius 2 is 2.22 bits per heavy atom. The Morgan fingerprint density at radius 1 is 1.56 bits per heavy atom. The molecule has 1 atom stereocenters. The molecule has 0 aromatic carbocycles. The van der Waals surface area contributed by atoms with Gasteiger partial charge >= 0.3 is 5.97 Å². The molecule has 0 radical (unpaired) electrons. The smallest absolute Gasteiger partial charge is 0.356 e. The van der Waals surface area contributed by atoms with Gasteiger partial charge in [0.2, 0.25) is 0 Å². The van der Waals surface area contributed by atoms with Crippen molar-refractivity contribution < 1.29 is 15.0 Å². The minimum Gasteiger partial charge on any atom is -0.476 e. The van der Waals surface area contributed by atoms with Crippen LogP contribution >= 0.6 is 11.6 Å². The van der Waals surface area contributed by atoms with Gasteiger partial charge in [-0.3, -0.25) is 0 Å². The molecule has 0 saturated carbocycles. The van der Waals surface area contributed by atoms with E-state index in [1.165, 1.54) is 6.07 Å². The summed E-state index contributed by atoms with van der Waals surface area (Å²) in [4.78, 5) is 14.7. The maximum Gasteiger partial charge on any atom is 0.356 e. The SMILES string of the molecule is CCCC(C)(O)CNc1ccc(Cl)c(C(=O)O)n1. The number of carboxylic acids is 1. The van der Waals surface area contributed by atoms with Crippen molar-refractivity contribution in [3.8, 4) is 0 Å². The third kappa shape index (κ3) is 4.16. The number of pyridine rings is 1. The molecule has 0 fully saturated rings. The molecule has 1 aromatic rings. The van der Waals surface area contributed by atoms with Crippen LogP contribution in [0.25, 0.3) is 0 Å². The first-order valence-corrected chi connectivity index (χ1v) is 6.09. The Hall–Kier alpha value is -1.33. The van der Waals surface area contributed by atoms with E-state index >= 15 is 0 Å². The van der Waals surface area contributed by atoms with E-state index in [4.69, 9.17) is 16.7 Å². The lowest BCUT2D eigenvalue weighted by Gasteiger charge is -2.23. The molecule has 1 unspecified atom stereocenters. The van der Waals surface area contributed by atoms with Gasteiger partial charge in [0.05, 0.1) is 10.6 Å². The van der Waals surface area contributed by atoms with E-state index in [1.807, 2.05) is 6.92 Å². The van der Waals surface area contributed by atoms with Crippen molar-refractivity contribution in [2.24, 2.45) is 0 Å². The molecular weight excluding hydrogens is 256 g/mol. The molecule has 100 valence electrons. The summed E-state index contributed by atoms with van der Waals surface area (Å²) in [6, 6.07) is 3.05. The van der Waals surface area contributed by atoms with Crippen LogP contribution in [-0.2, 0) is 0 Å². The number of aromatic nitrogens is 1. The minimum atomic E-state index is -1.18. The summed E-state index contributed by atoms with van der Waals surface area (Å²) in [6.07, 6.45) is 1.52. The molecule has 0 saturated heterocycles. The third-order valence-corrected chi connectivity index (χ3v) is 2.79. The normalized spacial score (nSPS) is 14.0. The molecule has 1 rings (SSSR count). The number of carbonyl (C=O) groups is 1. The first-order valence-electron chi connectivity index (χ1n) is 5.72. The van der Waals surface area contributed by atoms with Gasteiger partial charge in [0.1, 0.15) is 5.82 Å². The minimum absolute atomic E-state index is 0.0911. The van der Waals surface area contributed by atoms with Crippen molar-refractivity contribution >= 4 is 23.4 Å². The van der Waals surface area contributed by atoms with E-state index in [9.17, 15) is 9.90 Å². The van der Waals surface area contributed by atoms with Crippen LogP contribution in [0.5, 0.6) is 0 Å². The van der Waals surface area contributed by atoms with Gasteiger partial charge in [0.25, 0.3) is 0 Å². The number of hydrogen-bond donors (Lipinski definition) is 3. The lowest BCUT2D eigenvalue weighted by Crippen LogP contribution is -2.33. The zero-order valence-electron chi connectivity index (χ0n) is 10.4. The zero-order chi connectivity index (χ0) is 13.8. The molecule has 6 heteroatoms. The number of nitrogens with one attached hydrogen (secondary N) is 1. The van der Waals surface area contributed by atoms with Gasteiger partial charge in [0.15, 0.2) is 5.69 Å². The van der Waals surface area contributed by atoms with Gasteiger partial charge in [-0.05, 0) is 25.5 Å². The van der Waals surface area contributed by atoms with Crippen molar-refractivity contribution in [3.05, 3.63) is 22.8 Å². The largest absolute Gasteiger partial charge is 0.476 e. The molecule has 1 heterocycles. The third-order valence-electron chi connectivity index (χ3n) is 2.49. The molecule has 0 bridgehead atoms. The molecule has 0 aliphatic heterocycles. The highest BCUT2D eigenvalue weighted by molar-refractivity contribution is 6.33. The van der Waals surface area contributed by atoms with Crippen LogP contribution in [0.2, 0.25) is 5.02 Å². The van der Waals surface area contributed by atoms with Gasteiger partial charge in [-0.1, -0.05) is 24.9 Å². The number of nitrogens with zero attached hydrogens (tertiary/aromatic N) is 1. The number of carboxylic acid groups (broad SMARTS) is 1. The zero-order valence-corrected chi connectivity index (χ0v) is 11.2. The fourth-order valence-corrected chi connectivity index (χ4v) is 1.78. The Bertz CT molecular complexity index is 435. The number of rotatable bonds is 6. The second kappa shape index (κ2) is 6.02. The summed E-state index contributed by atoms with van der Waals surface area (Å²) in [5.41, 5.74) is -1.05. The number of aromatic carboxylic acids is 1. The van der Waals surface area contributed by atoms with E-state index in [-0.39, 0.29) is 10.7 Å². The Labute approximate surface area is 111 Å². The maximum absolute atomic E-state index is 10.9. The number of halogens is 1. The van der Waals surface area contributed by atoms with Crippen molar-refractivity contribution in [2.75, 3.05) is 11.9 Å². The van der Waals surface area contributed by atoms with Gasteiger partial charge in [0, 0.05) is 6.54 Å². The van der Waals surface area contributed by atoms with Crippen molar-refractivity contribution in [3.63, 3.8) is 0 Å².